The number of aliphatic hydroxyl groups is 1. The SMILES string of the molecule is CCCC/C=C/CC/C=C/CC/C=C/C(O)C(CS(=O)(=O)O)NC(=O)CCCCCCCCCCCCC/C=C\C/C=C\CCCCCCC. The van der Waals surface area contributed by atoms with Gasteiger partial charge in [0.2, 0.25) is 5.91 Å². The summed E-state index contributed by atoms with van der Waals surface area (Å²) in [7, 11) is -4.36. The van der Waals surface area contributed by atoms with Crippen molar-refractivity contribution in [2.75, 3.05) is 5.75 Å². The van der Waals surface area contributed by atoms with Crippen LogP contribution in [-0.4, -0.2) is 41.9 Å². The zero-order valence-electron chi connectivity index (χ0n) is 32.3. The number of unbranched alkanes of at least 4 members (excludes halogenated alkanes) is 20. The Kier molecular flexibility index (Phi) is 35.4. The van der Waals surface area contributed by atoms with Gasteiger partial charge in [0.15, 0.2) is 0 Å². The summed E-state index contributed by atoms with van der Waals surface area (Å²) in [5.41, 5.74) is 0. The molecule has 1 amide bonds. The Balaban J connectivity index is 3.90. The molecule has 7 heteroatoms. The van der Waals surface area contributed by atoms with Gasteiger partial charge < -0.3 is 10.4 Å². The van der Waals surface area contributed by atoms with Gasteiger partial charge in [0, 0.05) is 6.42 Å². The summed E-state index contributed by atoms with van der Waals surface area (Å²) in [4.78, 5) is 12.5. The number of amides is 1. The van der Waals surface area contributed by atoms with Gasteiger partial charge in [-0.15, -0.1) is 0 Å². The second kappa shape index (κ2) is 36.8. The summed E-state index contributed by atoms with van der Waals surface area (Å²) >= 11 is 0. The van der Waals surface area contributed by atoms with E-state index in [0.717, 1.165) is 51.4 Å². The molecule has 0 radical (unpaired) electrons. The van der Waals surface area contributed by atoms with Crippen LogP contribution in [0, 0.1) is 0 Å². The largest absolute Gasteiger partial charge is 0.387 e. The van der Waals surface area contributed by atoms with Crippen LogP contribution in [0.15, 0.2) is 60.8 Å². The molecule has 290 valence electrons. The lowest BCUT2D eigenvalue weighted by molar-refractivity contribution is -0.122. The molecule has 0 saturated heterocycles. The number of hydrogen-bond acceptors (Lipinski definition) is 4. The summed E-state index contributed by atoms with van der Waals surface area (Å²) in [6.45, 7) is 4.45. The molecular formula is C43H77NO5S. The van der Waals surface area contributed by atoms with E-state index in [1.165, 1.54) is 115 Å². The van der Waals surface area contributed by atoms with Crippen LogP contribution in [0.3, 0.4) is 0 Å². The molecule has 50 heavy (non-hydrogen) atoms. The minimum atomic E-state index is -4.36. The second-order valence-electron chi connectivity index (χ2n) is 13.9. The van der Waals surface area contributed by atoms with Gasteiger partial charge in [-0.05, 0) is 70.6 Å². The van der Waals surface area contributed by atoms with E-state index in [-0.39, 0.29) is 12.3 Å². The van der Waals surface area contributed by atoms with Gasteiger partial charge in [0.05, 0.1) is 17.9 Å². The third-order valence-electron chi connectivity index (χ3n) is 8.89. The zero-order valence-corrected chi connectivity index (χ0v) is 33.1. The summed E-state index contributed by atoms with van der Waals surface area (Å²) in [5, 5.41) is 13.2. The normalized spacial score (nSPS) is 13.9. The highest BCUT2D eigenvalue weighted by Gasteiger charge is 2.24. The number of aliphatic hydroxyl groups excluding tert-OH is 1. The number of hydrogen-bond donors (Lipinski definition) is 3. The summed E-state index contributed by atoms with van der Waals surface area (Å²) in [5.74, 6) is -1.02. The second-order valence-corrected chi connectivity index (χ2v) is 15.4. The van der Waals surface area contributed by atoms with Crippen LogP contribution in [0.5, 0.6) is 0 Å². The van der Waals surface area contributed by atoms with Crippen LogP contribution in [0.1, 0.15) is 187 Å². The van der Waals surface area contributed by atoms with E-state index in [4.69, 9.17) is 0 Å². The molecule has 0 heterocycles. The summed E-state index contributed by atoms with van der Waals surface area (Å²) < 4.78 is 32.4. The quantitative estimate of drug-likeness (QED) is 0.0340. The van der Waals surface area contributed by atoms with Crippen molar-refractivity contribution in [2.45, 2.75) is 199 Å². The molecule has 2 atom stereocenters. The van der Waals surface area contributed by atoms with Crippen molar-refractivity contribution in [1.29, 1.82) is 0 Å². The predicted molar refractivity (Wildman–Crippen MR) is 216 cm³/mol. The van der Waals surface area contributed by atoms with Gasteiger partial charge in [-0.3, -0.25) is 9.35 Å². The van der Waals surface area contributed by atoms with Crippen LogP contribution in [0.4, 0.5) is 0 Å². The van der Waals surface area contributed by atoms with E-state index in [1.807, 2.05) is 0 Å². The van der Waals surface area contributed by atoms with Crippen molar-refractivity contribution >= 4 is 16.0 Å². The maximum atomic E-state index is 12.5. The van der Waals surface area contributed by atoms with Crippen LogP contribution in [-0.2, 0) is 14.9 Å². The highest BCUT2D eigenvalue weighted by Crippen LogP contribution is 2.13. The van der Waals surface area contributed by atoms with Crippen LogP contribution < -0.4 is 5.32 Å². The Labute approximate surface area is 309 Å². The molecule has 0 aromatic heterocycles. The predicted octanol–water partition coefficient (Wildman–Crippen LogP) is 12.1. The zero-order chi connectivity index (χ0) is 36.8. The molecule has 0 aliphatic heterocycles. The molecule has 2 unspecified atom stereocenters. The Hall–Kier alpha value is -1.96. The number of nitrogens with one attached hydrogen (secondary N) is 1. The molecule has 0 saturated carbocycles. The molecular weight excluding hydrogens is 643 g/mol. The average Bonchev–Trinajstić information content (AvgIpc) is 3.08. The highest BCUT2D eigenvalue weighted by atomic mass is 32.2. The monoisotopic (exact) mass is 720 g/mol. The molecule has 0 aliphatic rings. The van der Waals surface area contributed by atoms with Gasteiger partial charge in [-0.2, -0.15) is 8.42 Å². The molecule has 6 nitrogen and oxygen atoms in total. The first-order chi connectivity index (χ1) is 24.3. The Morgan fingerprint density at radius 2 is 0.940 bits per heavy atom. The van der Waals surface area contributed by atoms with Gasteiger partial charge in [-0.25, -0.2) is 0 Å². The number of allylic oxidation sites excluding steroid dienone is 9. The number of rotatable bonds is 36. The minimum absolute atomic E-state index is 0.280. The Morgan fingerprint density at radius 1 is 0.540 bits per heavy atom. The van der Waals surface area contributed by atoms with Gasteiger partial charge in [-0.1, -0.05) is 171 Å². The molecule has 0 aromatic carbocycles. The standard InChI is InChI=1S/C43H77NO5S/c1-3-5-7-9-11-13-15-17-18-19-20-21-22-23-24-25-26-27-29-31-33-35-37-39-43(46)44-41(40-50(47,48)49)42(45)38-36-34-32-30-28-16-14-12-10-8-6-4-2/h10,12,15,17,19-20,28,30,36,38,41-42,45H,3-9,11,13-14,16,18,21-27,29,31-35,37,39-40H2,1-2H3,(H,44,46)(H,47,48,49)/b12-10+,17-15-,20-19-,30-28+,38-36+. The average molecular weight is 720 g/mol. The maximum Gasteiger partial charge on any atom is 0.267 e. The fourth-order valence-corrected chi connectivity index (χ4v) is 6.53. The summed E-state index contributed by atoms with van der Waals surface area (Å²) in [6, 6.07) is -1.08. The topological polar surface area (TPSA) is 104 Å². The fraction of sp³-hybridized carbons (Fsp3) is 0.744. The van der Waals surface area contributed by atoms with Crippen molar-refractivity contribution < 1.29 is 22.9 Å². The molecule has 3 N–H and O–H groups in total. The lowest BCUT2D eigenvalue weighted by atomic mass is 10.0. The van der Waals surface area contributed by atoms with Crippen LogP contribution >= 0.6 is 0 Å². The van der Waals surface area contributed by atoms with Crippen LogP contribution in [0.2, 0.25) is 0 Å². The molecule has 0 fully saturated rings. The Morgan fingerprint density at radius 3 is 1.44 bits per heavy atom. The molecule has 0 bridgehead atoms. The number of carbonyl (C=O) groups excluding carboxylic acids is 1. The molecule has 0 aliphatic carbocycles. The smallest absolute Gasteiger partial charge is 0.267 e. The molecule has 0 aromatic rings. The van der Waals surface area contributed by atoms with E-state index in [2.05, 4.69) is 67.8 Å². The third kappa shape index (κ3) is 37.3. The summed E-state index contributed by atoms with van der Waals surface area (Å²) in [6.07, 6.45) is 50.7. The van der Waals surface area contributed by atoms with E-state index < -0.39 is 28.0 Å². The van der Waals surface area contributed by atoms with E-state index in [1.54, 1.807) is 6.08 Å². The third-order valence-corrected chi connectivity index (χ3v) is 9.67. The van der Waals surface area contributed by atoms with Crippen molar-refractivity contribution in [3.8, 4) is 0 Å². The first kappa shape index (κ1) is 48.0. The molecule has 0 spiro atoms. The van der Waals surface area contributed by atoms with E-state index >= 15 is 0 Å². The maximum absolute atomic E-state index is 12.5. The number of carbonyl (C=O) groups is 1. The van der Waals surface area contributed by atoms with Crippen molar-refractivity contribution in [3.63, 3.8) is 0 Å². The fourth-order valence-electron chi connectivity index (χ4n) is 5.79. The lowest BCUT2D eigenvalue weighted by Gasteiger charge is -2.21. The van der Waals surface area contributed by atoms with Gasteiger partial charge >= 0.3 is 0 Å². The Bertz CT molecular complexity index is 1010. The van der Waals surface area contributed by atoms with Gasteiger partial charge in [0.1, 0.15) is 0 Å². The van der Waals surface area contributed by atoms with Crippen molar-refractivity contribution in [2.24, 2.45) is 0 Å². The van der Waals surface area contributed by atoms with Gasteiger partial charge in [0.25, 0.3) is 10.1 Å². The highest BCUT2D eigenvalue weighted by molar-refractivity contribution is 7.85. The van der Waals surface area contributed by atoms with E-state index in [9.17, 15) is 22.9 Å². The first-order valence-corrected chi connectivity index (χ1v) is 22.1. The lowest BCUT2D eigenvalue weighted by Crippen LogP contribution is -2.46. The molecule has 0 rings (SSSR count). The van der Waals surface area contributed by atoms with Crippen molar-refractivity contribution in [3.05, 3.63) is 60.8 Å². The van der Waals surface area contributed by atoms with Crippen LogP contribution in [0.25, 0.3) is 0 Å². The van der Waals surface area contributed by atoms with Crippen molar-refractivity contribution in [1.82, 2.24) is 5.32 Å². The minimum Gasteiger partial charge on any atom is -0.387 e. The first-order valence-electron chi connectivity index (χ1n) is 20.5. The van der Waals surface area contributed by atoms with E-state index in [0.29, 0.717) is 6.42 Å².